The average Bonchev–Trinajstić information content (AvgIpc) is 2.79. The number of hydrogen-bond donors (Lipinski definition) is 1. The lowest BCUT2D eigenvalue weighted by atomic mass is 10.1. The summed E-state index contributed by atoms with van der Waals surface area (Å²) < 4.78 is 26.2. The van der Waals surface area contributed by atoms with Crippen molar-refractivity contribution in [3.8, 4) is 0 Å². The Morgan fingerprint density at radius 1 is 1.03 bits per heavy atom. The van der Waals surface area contributed by atoms with Crippen LogP contribution < -0.4 is 9.62 Å². The van der Waals surface area contributed by atoms with E-state index < -0.39 is 16.1 Å². The van der Waals surface area contributed by atoms with Gasteiger partial charge >= 0.3 is 0 Å². The van der Waals surface area contributed by atoms with Crippen molar-refractivity contribution < 1.29 is 18.0 Å². The summed E-state index contributed by atoms with van der Waals surface area (Å²) in [5.74, 6) is -0.246. The van der Waals surface area contributed by atoms with Crippen molar-refractivity contribution in [1.82, 2.24) is 10.2 Å². The van der Waals surface area contributed by atoms with Gasteiger partial charge in [0.2, 0.25) is 21.8 Å². The van der Waals surface area contributed by atoms with Crippen molar-refractivity contribution in [1.29, 1.82) is 0 Å². The van der Waals surface area contributed by atoms with Gasteiger partial charge in [-0.2, -0.15) is 0 Å². The van der Waals surface area contributed by atoms with E-state index in [1.54, 1.807) is 43.3 Å². The van der Waals surface area contributed by atoms with E-state index in [9.17, 15) is 18.0 Å². The standard InChI is InChI=1S/C26H35Cl2N3O4S/c1-18(2)16-29-26(33)20(4)30(17-21-11-12-23(27)24(28)15-21)25(32)10-7-13-31(36(5,34)35)22-9-6-8-19(3)14-22/h6,8-9,11-12,14-15,18,20H,7,10,13,16-17H2,1-5H3,(H,29,33)/t20-/m0/s1. The minimum Gasteiger partial charge on any atom is -0.354 e. The second-order valence-electron chi connectivity index (χ2n) is 9.36. The van der Waals surface area contributed by atoms with Crippen LogP contribution in [0.25, 0.3) is 0 Å². The third-order valence-electron chi connectivity index (χ3n) is 5.63. The number of sulfonamides is 1. The summed E-state index contributed by atoms with van der Waals surface area (Å²) in [6.07, 6.45) is 1.51. The highest BCUT2D eigenvalue weighted by Gasteiger charge is 2.27. The summed E-state index contributed by atoms with van der Waals surface area (Å²) in [5, 5.41) is 3.64. The van der Waals surface area contributed by atoms with Crippen LogP contribution in [0.15, 0.2) is 42.5 Å². The van der Waals surface area contributed by atoms with Gasteiger partial charge in [-0.3, -0.25) is 13.9 Å². The largest absolute Gasteiger partial charge is 0.354 e. The maximum Gasteiger partial charge on any atom is 0.242 e. The van der Waals surface area contributed by atoms with E-state index in [1.165, 1.54) is 9.21 Å². The minimum absolute atomic E-state index is 0.0704. The van der Waals surface area contributed by atoms with Gasteiger partial charge in [0.05, 0.1) is 22.0 Å². The van der Waals surface area contributed by atoms with E-state index in [1.807, 2.05) is 26.8 Å². The van der Waals surface area contributed by atoms with Crippen LogP contribution in [0.1, 0.15) is 44.7 Å². The Labute approximate surface area is 224 Å². The number of aryl methyl sites for hydroxylation is 1. The molecule has 36 heavy (non-hydrogen) atoms. The first-order valence-corrected chi connectivity index (χ1v) is 14.5. The molecule has 2 aromatic rings. The van der Waals surface area contributed by atoms with E-state index in [2.05, 4.69) is 5.32 Å². The molecule has 0 aromatic heterocycles. The molecule has 0 radical (unpaired) electrons. The molecule has 2 rings (SSSR count). The van der Waals surface area contributed by atoms with Crippen molar-refractivity contribution in [2.75, 3.05) is 23.7 Å². The molecule has 0 fully saturated rings. The number of benzene rings is 2. The molecule has 0 heterocycles. The van der Waals surface area contributed by atoms with Gasteiger partial charge in [0.1, 0.15) is 6.04 Å². The van der Waals surface area contributed by atoms with Crippen LogP contribution >= 0.6 is 23.2 Å². The number of nitrogens with one attached hydrogen (secondary N) is 1. The Kier molecular flexibility index (Phi) is 11.1. The second kappa shape index (κ2) is 13.3. The van der Waals surface area contributed by atoms with Gasteiger partial charge < -0.3 is 10.2 Å². The number of nitrogens with zero attached hydrogens (tertiary/aromatic N) is 2. The quantitative estimate of drug-likeness (QED) is 0.397. The molecule has 10 heteroatoms. The van der Waals surface area contributed by atoms with Crippen LogP contribution in [0.3, 0.4) is 0 Å². The Balaban J connectivity index is 2.19. The zero-order chi connectivity index (χ0) is 27.0. The first-order chi connectivity index (χ1) is 16.8. The van der Waals surface area contributed by atoms with Gasteiger partial charge in [-0.05, 0) is 61.6 Å². The molecule has 0 aliphatic heterocycles. The Bertz CT molecular complexity index is 1170. The third kappa shape index (κ3) is 8.98. The number of carbonyl (C=O) groups is 2. The predicted octanol–water partition coefficient (Wildman–Crippen LogP) is 5.04. The van der Waals surface area contributed by atoms with E-state index in [0.29, 0.717) is 22.3 Å². The summed E-state index contributed by atoms with van der Waals surface area (Å²) in [6, 6.07) is 11.6. The van der Waals surface area contributed by atoms with Crippen LogP contribution in [0.5, 0.6) is 0 Å². The van der Waals surface area contributed by atoms with Crippen LogP contribution in [-0.4, -0.2) is 50.5 Å². The van der Waals surface area contributed by atoms with Gasteiger partial charge in [0.25, 0.3) is 0 Å². The van der Waals surface area contributed by atoms with Crippen molar-refractivity contribution >= 4 is 50.7 Å². The first-order valence-electron chi connectivity index (χ1n) is 11.8. The molecule has 0 bridgehead atoms. The number of carbonyl (C=O) groups excluding carboxylic acids is 2. The molecule has 2 aromatic carbocycles. The molecule has 0 aliphatic rings. The summed E-state index contributed by atoms with van der Waals surface area (Å²) >= 11 is 12.2. The highest BCUT2D eigenvalue weighted by molar-refractivity contribution is 7.92. The van der Waals surface area contributed by atoms with Gasteiger partial charge in [0, 0.05) is 26.1 Å². The molecule has 198 valence electrons. The molecule has 0 saturated carbocycles. The summed E-state index contributed by atoms with van der Waals surface area (Å²) in [4.78, 5) is 27.6. The predicted molar refractivity (Wildman–Crippen MR) is 147 cm³/mol. The summed E-state index contributed by atoms with van der Waals surface area (Å²) in [5.41, 5.74) is 2.23. The number of anilines is 1. The van der Waals surface area contributed by atoms with Crippen molar-refractivity contribution in [3.63, 3.8) is 0 Å². The molecule has 0 unspecified atom stereocenters. The van der Waals surface area contributed by atoms with Crippen LogP contribution in [0.2, 0.25) is 10.0 Å². The van der Waals surface area contributed by atoms with E-state index >= 15 is 0 Å². The van der Waals surface area contributed by atoms with E-state index in [4.69, 9.17) is 23.2 Å². The summed E-state index contributed by atoms with van der Waals surface area (Å²) in [7, 11) is -3.54. The fourth-order valence-electron chi connectivity index (χ4n) is 3.66. The number of amides is 2. The van der Waals surface area contributed by atoms with Crippen molar-refractivity contribution in [2.45, 2.75) is 53.1 Å². The number of rotatable bonds is 12. The second-order valence-corrected chi connectivity index (χ2v) is 12.1. The maximum atomic E-state index is 13.3. The van der Waals surface area contributed by atoms with E-state index in [-0.39, 0.29) is 43.7 Å². The van der Waals surface area contributed by atoms with Crippen LogP contribution in [-0.2, 0) is 26.2 Å². The van der Waals surface area contributed by atoms with Gasteiger partial charge in [-0.15, -0.1) is 0 Å². The topological polar surface area (TPSA) is 86.8 Å². The summed E-state index contributed by atoms with van der Waals surface area (Å²) in [6.45, 7) is 8.36. The molecular formula is C26H35Cl2N3O4S. The fraction of sp³-hybridized carbons (Fsp3) is 0.462. The molecule has 0 saturated heterocycles. The number of hydrogen-bond acceptors (Lipinski definition) is 4. The highest BCUT2D eigenvalue weighted by atomic mass is 35.5. The van der Waals surface area contributed by atoms with Gasteiger partial charge in [-0.25, -0.2) is 8.42 Å². The van der Waals surface area contributed by atoms with Gasteiger partial charge in [-0.1, -0.05) is 55.2 Å². The fourth-order valence-corrected chi connectivity index (χ4v) is 4.93. The molecule has 1 N–H and O–H groups in total. The lowest BCUT2D eigenvalue weighted by molar-refractivity contribution is -0.140. The lowest BCUT2D eigenvalue weighted by Gasteiger charge is -2.30. The van der Waals surface area contributed by atoms with Gasteiger partial charge in [0.15, 0.2) is 0 Å². The molecule has 0 aliphatic carbocycles. The molecular weight excluding hydrogens is 521 g/mol. The SMILES string of the molecule is Cc1cccc(N(CCCC(=O)N(Cc2ccc(Cl)c(Cl)c2)[C@@H](C)C(=O)NCC(C)C)S(C)(=O)=O)c1. The Morgan fingerprint density at radius 3 is 2.31 bits per heavy atom. The Hall–Kier alpha value is -2.29. The monoisotopic (exact) mass is 555 g/mol. The van der Waals surface area contributed by atoms with E-state index in [0.717, 1.165) is 17.4 Å². The number of halogens is 2. The molecule has 7 nitrogen and oxygen atoms in total. The molecule has 0 spiro atoms. The molecule has 2 amide bonds. The van der Waals surface area contributed by atoms with Crippen LogP contribution in [0, 0.1) is 12.8 Å². The van der Waals surface area contributed by atoms with Crippen molar-refractivity contribution in [2.24, 2.45) is 5.92 Å². The lowest BCUT2D eigenvalue weighted by Crippen LogP contribution is -2.48. The zero-order valence-corrected chi connectivity index (χ0v) is 23.8. The minimum atomic E-state index is -3.54. The molecule has 1 atom stereocenters. The first kappa shape index (κ1) is 29.9. The maximum absolute atomic E-state index is 13.3. The third-order valence-corrected chi connectivity index (χ3v) is 7.56. The normalized spacial score (nSPS) is 12.3. The van der Waals surface area contributed by atoms with Crippen LogP contribution in [0.4, 0.5) is 5.69 Å². The highest BCUT2D eigenvalue weighted by Crippen LogP contribution is 2.24. The Morgan fingerprint density at radius 2 is 1.72 bits per heavy atom. The average molecular weight is 557 g/mol. The smallest absolute Gasteiger partial charge is 0.242 e. The zero-order valence-electron chi connectivity index (χ0n) is 21.4. The van der Waals surface area contributed by atoms with Crippen molar-refractivity contribution in [3.05, 3.63) is 63.6 Å².